The van der Waals surface area contributed by atoms with Crippen LogP contribution in [-0.4, -0.2) is 24.6 Å². The number of rotatable bonds is 1. The number of amidine groups is 1. The summed E-state index contributed by atoms with van der Waals surface area (Å²) in [5.74, 6) is 0.552. The minimum Gasteiger partial charge on any atom is -0.321 e. The van der Waals surface area contributed by atoms with E-state index in [1.165, 1.54) is 6.07 Å². The Hall–Kier alpha value is -2.49. The number of benzene rings is 2. The van der Waals surface area contributed by atoms with E-state index < -0.39 is 0 Å². The molecule has 0 atom stereocenters. The third-order valence-corrected chi connectivity index (χ3v) is 3.58. The number of nitrogens with zero attached hydrogens (tertiary/aromatic N) is 3. The molecule has 0 saturated carbocycles. The molecule has 4 heteroatoms. The molecule has 0 radical (unpaired) electrons. The Bertz CT molecular complexity index is 735. The second-order valence-electron chi connectivity index (χ2n) is 4.79. The molecule has 0 N–H and O–H groups in total. The van der Waals surface area contributed by atoms with Gasteiger partial charge in [-0.1, -0.05) is 36.4 Å². The first-order chi connectivity index (χ1) is 9.84. The number of fused-ring (bicyclic) bond motifs is 3. The van der Waals surface area contributed by atoms with Crippen LogP contribution in [0.2, 0.25) is 0 Å². The highest BCUT2D eigenvalue weighted by Gasteiger charge is 2.31. The van der Waals surface area contributed by atoms with Gasteiger partial charge in [-0.25, -0.2) is 9.38 Å². The lowest BCUT2D eigenvalue weighted by Gasteiger charge is -2.27. The largest absolute Gasteiger partial charge is 0.321 e. The summed E-state index contributed by atoms with van der Waals surface area (Å²) >= 11 is 0. The molecule has 0 fully saturated rings. The monoisotopic (exact) mass is 265 g/mol. The van der Waals surface area contributed by atoms with E-state index in [2.05, 4.69) is 9.98 Å². The maximum atomic E-state index is 14.0. The number of aliphatic imine (C=N–C) groups is 2. The summed E-state index contributed by atoms with van der Waals surface area (Å²) in [7, 11) is 0. The van der Waals surface area contributed by atoms with Crippen LogP contribution < -0.4 is 4.90 Å². The molecule has 4 rings (SSSR count). The average molecular weight is 265 g/mol. The van der Waals surface area contributed by atoms with E-state index in [1.807, 2.05) is 41.3 Å². The Balaban J connectivity index is 1.97. The zero-order valence-electron chi connectivity index (χ0n) is 10.8. The summed E-state index contributed by atoms with van der Waals surface area (Å²) in [6, 6.07) is 14.9. The van der Waals surface area contributed by atoms with Gasteiger partial charge in [0.25, 0.3) is 0 Å². The van der Waals surface area contributed by atoms with Crippen LogP contribution in [0.25, 0.3) is 0 Å². The molecule has 2 aliphatic heterocycles. The van der Waals surface area contributed by atoms with Crippen LogP contribution in [0.5, 0.6) is 0 Å². The first-order valence-electron chi connectivity index (χ1n) is 6.59. The molecule has 3 nitrogen and oxygen atoms in total. The Morgan fingerprint density at radius 2 is 1.85 bits per heavy atom. The first kappa shape index (κ1) is 11.3. The Morgan fingerprint density at radius 1 is 1.00 bits per heavy atom. The summed E-state index contributed by atoms with van der Waals surface area (Å²) < 4.78 is 14.0. The minimum atomic E-state index is -0.290. The second-order valence-corrected chi connectivity index (χ2v) is 4.79. The summed E-state index contributed by atoms with van der Waals surface area (Å²) in [6.07, 6.45) is 0. The van der Waals surface area contributed by atoms with Gasteiger partial charge in [-0.3, -0.25) is 4.99 Å². The molecule has 0 aromatic heterocycles. The fourth-order valence-electron chi connectivity index (χ4n) is 2.67. The van der Waals surface area contributed by atoms with Crippen molar-refractivity contribution in [3.05, 3.63) is 59.9 Å². The fraction of sp³-hybridized carbons (Fsp3) is 0.125. The Kier molecular flexibility index (Phi) is 2.42. The van der Waals surface area contributed by atoms with Crippen LogP contribution >= 0.6 is 0 Å². The molecule has 20 heavy (non-hydrogen) atoms. The van der Waals surface area contributed by atoms with Crippen LogP contribution in [-0.2, 0) is 0 Å². The Labute approximate surface area is 116 Å². The second kappa shape index (κ2) is 4.27. The van der Waals surface area contributed by atoms with Crippen LogP contribution in [0, 0.1) is 5.82 Å². The van der Waals surface area contributed by atoms with Gasteiger partial charge in [-0.15, -0.1) is 0 Å². The van der Waals surface area contributed by atoms with Gasteiger partial charge >= 0.3 is 0 Å². The SMILES string of the molecule is Fc1cccc2c1N=C(c1ccccc1)C1=NCCN12. The summed E-state index contributed by atoms with van der Waals surface area (Å²) in [5, 5.41) is 0. The van der Waals surface area contributed by atoms with E-state index in [0.717, 1.165) is 35.9 Å². The molecular weight excluding hydrogens is 253 g/mol. The van der Waals surface area contributed by atoms with Gasteiger partial charge in [0.2, 0.25) is 0 Å². The highest BCUT2D eigenvalue weighted by Crippen LogP contribution is 2.37. The van der Waals surface area contributed by atoms with Crippen LogP contribution in [0.1, 0.15) is 5.56 Å². The van der Waals surface area contributed by atoms with E-state index in [4.69, 9.17) is 0 Å². The van der Waals surface area contributed by atoms with Gasteiger partial charge in [-0.05, 0) is 12.1 Å². The predicted molar refractivity (Wildman–Crippen MR) is 78.7 cm³/mol. The van der Waals surface area contributed by atoms with Crippen molar-refractivity contribution >= 4 is 22.9 Å². The van der Waals surface area contributed by atoms with Crippen LogP contribution in [0.15, 0.2) is 58.5 Å². The van der Waals surface area contributed by atoms with Gasteiger partial charge in [0.15, 0.2) is 11.7 Å². The first-order valence-corrected chi connectivity index (χ1v) is 6.59. The van der Waals surface area contributed by atoms with E-state index in [-0.39, 0.29) is 5.82 Å². The topological polar surface area (TPSA) is 28.0 Å². The van der Waals surface area contributed by atoms with E-state index >= 15 is 0 Å². The summed E-state index contributed by atoms with van der Waals surface area (Å²) in [6.45, 7) is 1.49. The standard InChI is InChI=1S/C16H12FN3/c17-12-7-4-8-13-15(12)19-14(11-5-2-1-3-6-11)16-18-9-10-20(13)16/h1-8H,9-10H2. The lowest BCUT2D eigenvalue weighted by atomic mass is 10.1. The van der Waals surface area contributed by atoms with Gasteiger partial charge < -0.3 is 4.90 Å². The fourth-order valence-corrected chi connectivity index (χ4v) is 2.67. The molecule has 2 aliphatic rings. The smallest absolute Gasteiger partial charge is 0.155 e. The van der Waals surface area contributed by atoms with Crippen molar-refractivity contribution in [2.24, 2.45) is 9.98 Å². The van der Waals surface area contributed by atoms with Gasteiger partial charge in [0, 0.05) is 12.1 Å². The van der Waals surface area contributed by atoms with Crippen molar-refractivity contribution in [3.63, 3.8) is 0 Å². The number of hydrogen-bond acceptors (Lipinski definition) is 3. The molecule has 0 aliphatic carbocycles. The van der Waals surface area contributed by atoms with Crippen LogP contribution in [0.4, 0.5) is 15.8 Å². The quantitative estimate of drug-likeness (QED) is 0.778. The molecule has 98 valence electrons. The average Bonchev–Trinajstić information content (AvgIpc) is 2.97. The maximum Gasteiger partial charge on any atom is 0.155 e. The van der Waals surface area contributed by atoms with Crippen LogP contribution in [0.3, 0.4) is 0 Å². The minimum absolute atomic E-state index is 0.290. The molecule has 2 heterocycles. The van der Waals surface area contributed by atoms with Crippen molar-refractivity contribution in [2.45, 2.75) is 0 Å². The summed E-state index contributed by atoms with van der Waals surface area (Å²) in [4.78, 5) is 11.1. The normalized spacial score (nSPS) is 16.4. The van der Waals surface area contributed by atoms with E-state index in [9.17, 15) is 4.39 Å². The molecule has 0 spiro atoms. The van der Waals surface area contributed by atoms with Gasteiger partial charge in [0.05, 0.1) is 12.2 Å². The third-order valence-electron chi connectivity index (χ3n) is 3.58. The zero-order valence-corrected chi connectivity index (χ0v) is 10.8. The van der Waals surface area contributed by atoms with Gasteiger partial charge in [-0.2, -0.15) is 0 Å². The highest BCUT2D eigenvalue weighted by molar-refractivity contribution is 6.53. The summed E-state index contributed by atoms with van der Waals surface area (Å²) in [5.41, 5.74) is 2.93. The van der Waals surface area contributed by atoms with Crippen molar-refractivity contribution < 1.29 is 4.39 Å². The van der Waals surface area contributed by atoms with Crippen molar-refractivity contribution in [2.75, 3.05) is 18.0 Å². The molecule has 0 unspecified atom stereocenters. The number of para-hydroxylation sites is 1. The van der Waals surface area contributed by atoms with E-state index in [1.54, 1.807) is 6.07 Å². The zero-order chi connectivity index (χ0) is 13.5. The predicted octanol–water partition coefficient (Wildman–Crippen LogP) is 3.18. The Morgan fingerprint density at radius 3 is 2.70 bits per heavy atom. The number of hydrogen-bond donors (Lipinski definition) is 0. The van der Waals surface area contributed by atoms with E-state index in [0.29, 0.717) is 5.69 Å². The molecule has 2 aromatic carbocycles. The number of halogens is 1. The van der Waals surface area contributed by atoms with Crippen molar-refractivity contribution in [1.82, 2.24) is 0 Å². The third kappa shape index (κ3) is 1.58. The van der Waals surface area contributed by atoms with Gasteiger partial charge in [0.1, 0.15) is 11.4 Å². The highest BCUT2D eigenvalue weighted by atomic mass is 19.1. The lowest BCUT2D eigenvalue weighted by molar-refractivity contribution is 0.629. The van der Waals surface area contributed by atoms with Crippen molar-refractivity contribution in [3.8, 4) is 0 Å². The molecule has 0 amide bonds. The van der Waals surface area contributed by atoms with Crippen molar-refractivity contribution in [1.29, 1.82) is 0 Å². The lowest BCUT2D eigenvalue weighted by Crippen LogP contribution is -2.36. The molecular formula is C16H12FN3. The molecule has 0 bridgehead atoms. The molecule has 2 aromatic rings. The molecule has 0 saturated heterocycles. The maximum absolute atomic E-state index is 14.0. The number of anilines is 1.